The molecular formula is C10H7ClN2Na2O4S. The van der Waals surface area contributed by atoms with Crippen molar-refractivity contribution in [3.05, 3.63) is 35.0 Å². The fourth-order valence-electron chi connectivity index (χ4n) is 1.46. The Morgan fingerprint density at radius 2 is 1.85 bits per heavy atom. The van der Waals surface area contributed by atoms with Crippen molar-refractivity contribution in [2.24, 2.45) is 0 Å². The van der Waals surface area contributed by atoms with Crippen LogP contribution < -0.4 is 64.2 Å². The number of aryl methyl sites for hydroxylation is 1. The molecule has 0 bridgehead atoms. The predicted molar refractivity (Wildman–Crippen MR) is 60.7 cm³/mol. The summed E-state index contributed by atoms with van der Waals surface area (Å²) in [4.78, 5) is -0.463. The van der Waals surface area contributed by atoms with Crippen molar-refractivity contribution >= 4 is 21.7 Å². The molecule has 1 heterocycles. The maximum atomic E-state index is 11.6. The summed E-state index contributed by atoms with van der Waals surface area (Å²) in [6.07, 6.45) is 0. The van der Waals surface area contributed by atoms with E-state index in [1.807, 2.05) is 0 Å². The minimum absolute atomic E-state index is 0. The minimum atomic E-state index is -4.61. The third kappa shape index (κ3) is 4.46. The molecule has 0 fully saturated rings. The maximum Gasteiger partial charge on any atom is 1.00 e. The Bertz CT molecular complexity index is 718. The summed E-state index contributed by atoms with van der Waals surface area (Å²) in [6.45, 7) is 1.61. The van der Waals surface area contributed by atoms with Gasteiger partial charge in [-0.25, -0.2) is 13.1 Å². The van der Waals surface area contributed by atoms with E-state index in [4.69, 9.17) is 11.6 Å². The number of hydrogen-bond acceptors (Lipinski definition) is 5. The van der Waals surface area contributed by atoms with Gasteiger partial charge < -0.3 is 9.66 Å². The Balaban J connectivity index is 0.00000180. The van der Waals surface area contributed by atoms with E-state index >= 15 is 0 Å². The van der Waals surface area contributed by atoms with Crippen LogP contribution in [0.1, 0.15) is 5.69 Å². The number of halogens is 1. The van der Waals surface area contributed by atoms with Crippen molar-refractivity contribution in [1.82, 2.24) is 9.78 Å². The SMILES string of the molecule is Cc1cc([O-])n(-c2cc(S(=O)(=O)[O-])ccc2Cl)n1.[Na+].[Na+]. The fourth-order valence-corrected chi connectivity index (χ4v) is 2.15. The predicted octanol–water partition coefficient (Wildman–Crippen LogP) is -5.18. The van der Waals surface area contributed by atoms with E-state index in [0.29, 0.717) is 5.69 Å². The third-order valence-corrected chi connectivity index (χ3v) is 3.38. The van der Waals surface area contributed by atoms with Crippen LogP contribution in [0.2, 0.25) is 5.02 Å². The summed E-state index contributed by atoms with van der Waals surface area (Å²) in [5.41, 5.74) is 0.526. The minimum Gasteiger partial charge on any atom is -0.859 e. The molecule has 0 aliphatic heterocycles. The first-order valence-electron chi connectivity index (χ1n) is 4.78. The average Bonchev–Trinajstić information content (AvgIpc) is 2.56. The summed E-state index contributed by atoms with van der Waals surface area (Å²) in [7, 11) is -4.61. The van der Waals surface area contributed by atoms with Crippen molar-refractivity contribution in [3.63, 3.8) is 0 Å². The van der Waals surface area contributed by atoms with Crippen molar-refractivity contribution < 1.29 is 77.2 Å². The molecule has 96 valence electrons. The standard InChI is InChI=1S/C10H9ClN2O4S.2Na/c1-6-4-10(14)13(12-6)9-5-7(18(15,16)17)2-3-8(9)11;;/h2-5,14H,1H3,(H,15,16,17);;/q;2*+1/p-2. The quantitative estimate of drug-likeness (QED) is 0.404. The van der Waals surface area contributed by atoms with Gasteiger partial charge in [-0.1, -0.05) is 11.6 Å². The molecule has 0 unspecified atom stereocenters. The van der Waals surface area contributed by atoms with E-state index in [2.05, 4.69) is 5.10 Å². The van der Waals surface area contributed by atoms with Crippen LogP contribution in [0.25, 0.3) is 5.69 Å². The number of aromatic nitrogens is 2. The van der Waals surface area contributed by atoms with Gasteiger partial charge in [-0.2, -0.15) is 5.10 Å². The molecule has 0 radical (unpaired) electrons. The zero-order valence-corrected chi connectivity index (χ0v) is 16.7. The Morgan fingerprint density at radius 1 is 1.25 bits per heavy atom. The van der Waals surface area contributed by atoms with Gasteiger partial charge in [0.1, 0.15) is 10.1 Å². The van der Waals surface area contributed by atoms with Gasteiger partial charge in [0.05, 0.1) is 21.3 Å². The van der Waals surface area contributed by atoms with Crippen LogP contribution in [0.15, 0.2) is 29.2 Å². The monoisotopic (exact) mass is 332 g/mol. The summed E-state index contributed by atoms with van der Waals surface area (Å²) in [5, 5.41) is 15.6. The fraction of sp³-hybridized carbons (Fsp3) is 0.100. The average molecular weight is 333 g/mol. The Labute approximate surface area is 165 Å². The van der Waals surface area contributed by atoms with E-state index in [1.54, 1.807) is 6.92 Å². The van der Waals surface area contributed by atoms with Crippen molar-refractivity contribution in [3.8, 4) is 11.6 Å². The topological polar surface area (TPSA) is 98.1 Å². The van der Waals surface area contributed by atoms with Crippen LogP contribution >= 0.6 is 11.6 Å². The van der Waals surface area contributed by atoms with Gasteiger partial charge >= 0.3 is 59.1 Å². The molecule has 0 N–H and O–H groups in total. The van der Waals surface area contributed by atoms with Crippen LogP contribution in [0.5, 0.6) is 5.88 Å². The Morgan fingerprint density at radius 3 is 2.30 bits per heavy atom. The molecule has 6 nitrogen and oxygen atoms in total. The molecule has 0 aliphatic rings. The number of rotatable bonds is 2. The van der Waals surface area contributed by atoms with Crippen LogP contribution in [-0.2, 0) is 10.1 Å². The summed E-state index contributed by atoms with van der Waals surface area (Å²) >= 11 is 5.87. The van der Waals surface area contributed by atoms with Gasteiger partial charge in [0.25, 0.3) is 0 Å². The molecule has 0 aliphatic carbocycles. The van der Waals surface area contributed by atoms with Crippen LogP contribution in [0.3, 0.4) is 0 Å². The first-order valence-corrected chi connectivity index (χ1v) is 6.57. The zero-order chi connectivity index (χ0) is 13.5. The second-order valence-electron chi connectivity index (χ2n) is 3.60. The van der Waals surface area contributed by atoms with E-state index in [0.717, 1.165) is 16.8 Å². The van der Waals surface area contributed by atoms with Crippen molar-refractivity contribution in [2.45, 2.75) is 11.8 Å². The second-order valence-corrected chi connectivity index (χ2v) is 5.39. The van der Waals surface area contributed by atoms with E-state index in [9.17, 15) is 18.1 Å². The molecular weight excluding hydrogens is 326 g/mol. The molecule has 1 aromatic carbocycles. The molecule has 1 aromatic heterocycles. The molecule has 2 aromatic rings. The molecule has 0 spiro atoms. The summed E-state index contributed by atoms with van der Waals surface area (Å²) in [6, 6.07) is 4.61. The number of benzene rings is 1. The first kappa shape index (κ1) is 20.4. The normalized spacial score (nSPS) is 10.6. The van der Waals surface area contributed by atoms with Gasteiger partial charge in [-0.15, -0.1) is 0 Å². The summed E-state index contributed by atoms with van der Waals surface area (Å²) < 4.78 is 33.7. The van der Waals surface area contributed by atoms with Crippen molar-refractivity contribution in [2.75, 3.05) is 0 Å². The van der Waals surface area contributed by atoms with E-state index in [1.165, 1.54) is 12.1 Å². The Kier molecular flexibility index (Phi) is 7.78. The molecule has 0 saturated carbocycles. The van der Waals surface area contributed by atoms with Gasteiger partial charge in [0, 0.05) is 0 Å². The molecule has 2 rings (SSSR count). The second kappa shape index (κ2) is 7.62. The number of hydrogen-bond donors (Lipinski definition) is 0. The maximum absolute atomic E-state index is 11.6. The number of nitrogens with zero attached hydrogens (tertiary/aromatic N) is 2. The van der Waals surface area contributed by atoms with Gasteiger partial charge in [0.15, 0.2) is 0 Å². The van der Waals surface area contributed by atoms with Gasteiger partial charge in [-0.05, 0) is 37.1 Å². The molecule has 0 saturated heterocycles. The van der Waals surface area contributed by atoms with E-state index < -0.39 is 20.9 Å². The molecule has 10 heteroatoms. The van der Waals surface area contributed by atoms with Gasteiger partial charge in [-0.3, -0.25) is 0 Å². The Hall–Kier alpha value is 0.430. The van der Waals surface area contributed by atoms with Crippen LogP contribution in [-0.4, -0.2) is 22.8 Å². The van der Waals surface area contributed by atoms with Crippen LogP contribution in [0.4, 0.5) is 0 Å². The summed E-state index contributed by atoms with van der Waals surface area (Å²) in [5.74, 6) is -0.449. The van der Waals surface area contributed by atoms with Crippen LogP contribution in [0, 0.1) is 6.92 Å². The largest absolute Gasteiger partial charge is 1.00 e. The molecule has 0 amide bonds. The smallest absolute Gasteiger partial charge is 0.859 e. The molecule has 20 heavy (non-hydrogen) atoms. The van der Waals surface area contributed by atoms with Gasteiger partial charge in [0.2, 0.25) is 0 Å². The first-order chi connectivity index (χ1) is 8.29. The zero-order valence-electron chi connectivity index (χ0n) is 11.1. The third-order valence-electron chi connectivity index (χ3n) is 2.23. The van der Waals surface area contributed by atoms with E-state index in [-0.39, 0.29) is 69.8 Å². The van der Waals surface area contributed by atoms with Crippen molar-refractivity contribution in [1.29, 1.82) is 0 Å². The molecule has 0 atom stereocenters.